The maximum absolute atomic E-state index is 4.81. The molecule has 2 heterocycles. The van der Waals surface area contributed by atoms with Crippen LogP contribution in [0.3, 0.4) is 0 Å². The average molecular weight is 259 g/mol. The Balaban J connectivity index is 1.78. The third-order valence-corrected chi connectivity index (χ3v) is 5.05. The second-order valence-corrected chi connectivity index (χ2v) is 6.22. The number of fused-ring (bicyclic) bond motifs is 1. The van der Waals surface area contributed by atoms with E-state index in [9.17, 15) is 0 Å². The van der Waals surface area contributed by atoms with Gasteiger partial charge in [-0.05, 0) is 25.0 Å². The molecular weight excluding hydrogens is 242 g/mol. The van der Waals surface area contributed by atoms with Gasteiger partial charge in [-0.25, -0.2) is 4.98 Å². The van der Waals surface area contributed by atoms with Crippen LogP contribution in [0, 0.1) is 0 Å². The molecule has 1 saturated carbocycles. The fourth-order valence-electron chi connectivity index (χ4n) is 2.61. The summed E-state index contributed by atoms with van der Waals surface area (Å²) in [4.78, 5) is 7.30. The van der Waals surface area contributed by atoms with Crippen LogP contribution >= 0.6 is 11.3 Å². The summed E-state index contributed by atoms with van der Waals surface area (Å²) >= 11 is 1.91. The van der Waals surface area contributed by atoms with Gasteiger partial charge in [0.15, 0.2) is 0 Å². The maximum Gasteiger partial charge on any atom is 0.0970 e. The first-order chi connectivity index (χ1) is 8.92. The Kier molecular flexibility index (Phi) is 2.52. The summed E-state index contributed by atoms with van der Waals surface area (Å²) in [5.41, 5.74) is 2.58. The molecule has 94 valence electrons. The first-order valence-electron chi connectivity index (χ1n) is 6.77. The summed E-state index contributed by atoms with van der Waals surface area (Å²) in [6, 6.07) is 6.56. The largest absolute Gasteiger partial charge is 0.368 e. The fourth-order valence-corrected chi connectivity index (χ4v) is 3.89. The van der Waals surface area contributed by atoms with Crippen LogP contribution in [0.4, 0.5) is 5.69 Å². The summed E-state index contributed by atoms with van der Waals surface area (Å²) in [6.45, 7) is 4.39. The number of anilines is 1. The lowest BCUT2D eigenvalue weighted by molar-refractivity contribution is 0.590. The van der Waals surface area contributed by atoms with Crippen LogP contribution in [0.2, 0.25) is 0 Å². The van der Waals surface area contributed by atoms with Crippen LogP contribution < -0.4 is 10.2 Å². The SMILES string of the molecule is c1cc(N2CCNCC2)c2sc(C3CC3)nc2c1. The van der Waals surface area contributed by atoms with Crippen molar-refractivity contribution in [2.24, 2.45) is 0 Å². The summed E-state index contributed by atoms with van der Waals surface area (Å²) < 4.78 is 1.39. The molecule has 1 aromatic heterocycles. The Bertz CT molecular complexity index is 567. The van der Waals surface area contributed by atoms with Crippen LogP contribution in [0.5, 0.6) is 0 Å². The predicted octanol–water partition coefficient (Wildman–Crippen LogP) is 2.58. The summed E-state index contributed by atoms with van der Waals surface area (Å²) in [5, 5.41) is 4.77. The van der Waals surface area contributed by atoms with Crippen molar-refractivity contribution in [3.8, 4) is 0 Å². The van der Waals surface area contributed by atoms with Crippen LogP contribution in [-0.4, -0.2) is 31.2 Å². The Morgan fingerprint density at radius 2 is 2.06 bits per heavy atom. The summed E-state index contributed by atoms with van der Waals surface area (Å²) in [6.07, 6.45) is 2.67. The van der Waals surface area contributed by atoms with E-state index in [2.05, 4.69) is 28.4 Å². The quantitative estimate of drug-likeness (QED) is 0.898. The zero-order valence-corrected chi connectivity index (χ0v) is 11.2. The van der Waals surface area contributed by atoms with Crippen molar-refractivity contribution in [2.45, 2.75) is 18.8 Å². The van der Waals surface area contributed by atoms with Gasteiger partial charge >= 0.3 is 0 Å². The van der Waals surface area contributed by atoms with E-state index in [1.54, 1.807) is 0 Å². The van der Waals surface area contributed by atoms with Crippen molar-refractivity contribution in [3.05, 3.63) is 23.2 Å². The molecule has 2 aliphatic rings. The second-order valence-electron chi connectivity index (χ2n) is 5.19. The number of hydrogen-bond acceptors (Lipinski definition) is 4. The molecule has 0 amide bonds. The van der Waals surface area contributed by atoms with E-state index in [1.807, 2.05) is 11.3 Å². The lowest BCUT2D eigenvalue weighted by Crippen LogP contribution is -2.43. The minimum atomic E-state index is 0.762. The average Bonchev–Trinajstić information content (AvgIpc) is 3.18. The molecule has 1 aliphatic heterocycles. The highest BCUT2D eigenvalue weighted by molar-refractivity contribution is 7.19. The minimum absolute atomic E-state index is 0.762. The highest BCUT2D eigenvalue weighted by Crippen LogP contribution is 2.44. The molecule has 3 nitrogen and oxygen atoms in total. The van der Waals surface area contributed by atoms with Gasteiger partial charge < -0.3 is 10.2 Å². The third-order valence-electron chi connectivity index (χ3n) is 3.80. The number of benzene rings is 1. The Morgan fingerprint density at radius 1 is 1.22 bits per heavy atom. The molecule has 1 saturated heterocycles. The molecule has 0 radical (unpaired) electrons. The van der Waals surface area contributed by atoms with Crippen molar-refractivity contribution in [3.63, 3.8) is 0 Å². The van der Waals surface area contributed by atoms with E-state index < -0.39 is 0 Å². The molecule has 4 heteroatoms. The van der Waals surface area contributed by atoms with Crippen LogP contribution in [0.15, 0.2) is 18.2 Å². The van der Waals surface area contributed by atoms with Crippen LogP contribution in [-0.2, 0) is 0 Å². The number of aromatic nitrogens is 1. The number of nitrogens with zero attached hydrogens (tertiary/aromatic N) is 2. The van der Waals surface area contributed by atoms with Gasteiger partial charge in [0.1, 0.15) is 0 Å². The molecular formula is C14H17N3S. The van der Waals surface area contributed by atoms with Crippen molar-refractivity contribution in [1.82, 2.24) is 10.3 Å². The third kappa shape index (κ3) is 1.80. The van der Waals surface area contributed by atoms with Gasteiger partial charge in [-0.2, -0.15) is 0 Å². The highest BCUT2D eigenvalue weighted by Gasteiger charge is 2.27. The van der Waals surface area contributed by atoms with Crippen molar-refractivity contribution < 1.29 is 0 Å². The molecule has 0 spiro atoms. The van der Waals surface area contributed by atoms with E-state index >= 15 is 0 Å². The van der Waals surface area contributed by atoms with E-state index in [0.29, 0.717) is 0 Å². The van der Waals surface area contributed by atoms with E-state index in [0.717, 1.165) is 32.1 Å². The molecule has 0 bridgehead atoms. The maximum atomic E-state index is 4.81. The topological polar surface area (TPSA) is 28.2 Å². The first kappa shape index (κ1) is 10.8. The first-order valence-corrected chi connectivity index (χ1v) is 7.58. The summed E-state index contributed by atoms with van der Waals surface area (Å²) in [7, 11) is 0. The number of rotatable bonds is 2. The standard InChI is InChI=1S/C14H17N3S/c1-2-11-13(18-14(16-11)10-4-5-10)12(3-1)17-8-6-15-7-9-17/h1-3,10,15H,4-9H2. The number of thiazole rings is 1. The van der Waals surface area contributed by atoms with E-state index in [4.69, 9.17) is 4.98 Å². The van der Waals surface area contributed by atoms with Gasteiger partial charge in [0, 0.05) is 32.1 Å². The zero-order valence-electron chi connectivity index (χ0n) is 10.4. The van der Waals surface area contributed by atoms with Gasteiger partial charge in [0.25, 0.3) is 0 Å². The fraction of sp³-hybridized carbons (Fsp3) is 0.500. The molecule has 2 fully saturated rings. The van der Waals surface area contributed by atoms with Gasteiger partial charge in [0.2, 0.25) is 0 Å². The smallest absolute Gasteiger partial charge is 0.0970 e. The Hall–Kier alpha value is -1.13. The highest BCUT2D eigenvalue weighted by atomic mass is 32.1. The van der Waals surface area contributed by atoms with Crippen LogP contribution in [0.25, 0.3) is 10.2 Å². The van der Waals surface area contributed by atoms with Gasteiger partial charge in [-0.3, -0.25) is 0 Å². The van der Waals surface area contributed by atoms with Crippen molar-refractivity contribution >= 4 is 27.2 Å². The number of nitrogens with one attached hydrogen (secondary N) is 1. The zero-order chi connectivity index (χ0) is 11.9. The predicted molar refractivity (Wildman–Crippen MR) is 76.7 cm³/mol. The lowest BCUT2D eigenvalue weighted by atomic mass is 10.2. The summed E-state index contributed by atoms with van der Waals surface area (Å²) in [5.74, 6) is 0.762. The Morgan fingerprint density at radius 3 is 2.83 bits per heavy atom. The number of hydrogen-bond donors (Lipinski definition) is 1. The minimum Gasteiger partial charge on any atom is -0.368 e. The molecule has 18 heavy (non-hydrogen) atoms. The van der Waals surface area contributed by atoms with E-state index in [1.165, 1.54) is 33.8 Å². The van der Waals surface area contributed by atoms with Gasteiger partial charge in [0.05, 0.1) is 20.9 Å². The van der Waals surface area contributed by atoms with E-state index in [-0.39, 0.29) is 0 Å². The lowest BCUT2D eigenvalue weighted by Gasteiger charge is -2.29. The van der Waals surface area contributed by atoms with Gasteiger partial charge in [-0.1, -0.05) is 6.07 Å². The monoisotopic (exact) mass is 259 g/mol. The Labute approximate surface area is 111 Å². The molecule has 4 rings (SSSR count). The molecule has 1 aromatic carbocycles. The molecule has 0 unspecified atom stereocenters. The van der Waals surface area contributed by atoms with Crippen molar-refractivity contribution in [2.75, 3.05) is 31.1 Å². The molecule has 0 atom stereocenters. The second kappa shape index (κ2) is 4.21. The van der Waals surface area contributed by atoms with Crippen LogP contribution in [0.1, 0.15) is 23.8 Å². The molecule has 1 N–H and O–H groups in total. The van der Waals surface area contributed by atoms with Gasteiger partial charge in [-0.15, -0.1) is 11.3 Å². The molecule has 2 aromatic rings. The number of piperazine rings is 1. The normalized spacial score (nSPS) is 20.6. The van der Waals surface area contributed by atoms with Crippen molar-refractivity contribution in [1.29, 1.82) is 0 Å². The molecule has 1 aliphatic carbocycles.